The lowest BCUT2D eigenvalue weighted by atomic mass is 10.1. The van der Waals surface area contributed by atoms with Gasteiger partial charge in [-0.2, -0.15) is 4.98 Å². The molecule has 0 unspecified atom stereocenters. The van der Waals surface area contributed by atoms with E-state index in [2.05, 4.69) is 20.4 Å². The number of fused-ring (bicyclic) bond motifs is 1. The highest BCUT2D eigenvalue weighted by Gasteiger charge is 2.11. The molecule has 0 aliphatic heterocycles. The molecule has 0 bridgehead atoms. The predicted molar refractivity (Wildman–Crippen MR) is 91.8 cm³/mol. The summed E-state index contributed by atoms with van der Waals surface area (Å²) in [7, 11) is 0. The van der Waals surface area contributed by atoms with E-state index in [9.17, 15) is 8.78 Å². The van der Waals surface area contributed by atoms with Gasteiger partial charge in [0.25, 0.3) is 0 Å². The van der Waals surface area contributed by atoms with Crippen LogP contribution >= 0.6 is 0 Å². The van der Waals surface area contributed by atoms with E-state index in [0.29, 0.717) is 34.2 Å². The van der Waals surface area contributed by atoms with Crippen LogP contribution in [0.25, 0.3) is 16.9 Å². The summed E-state index contributed by atoms with van der Waals surface area (Å²) >= 11 is 0. The van der Waals surface area contributed by atoms with Crippen molar-refractivity contribution in [3.8, 4) is 11.3 Å². The van der Waals surface area contributed by atoms with Gasteiger partial charge in [0.05, 0.1) is 18.0 Å². The largest absolute Gasteiger partial charge is 0.390 e. The molecular weight excluding hydrogens is 340 g/mol. The zero-order valence-electron chi connectivity index (χ0n) is 13.4. The Morgan fingerprint density at radius 2 is 1.85 bits per heavy atom. The maximum atomic E-state index is 13.6. The Morgan fingerprint density at radius 3 is 2.62 bits per heavy atom. The van der Waals surface area contributed by atoms with Crippen molar-refractivity contribution >= 4 is 17.3 Å². The van der Waals surface area contributed by atoms with Crippen molar-refractivity contribution in [3.05, 3.63) is 72.1 Å². The third-order valence-corrected chi connectivity index (χ3v) is 3.75. The van der Waals surface area contributed by atoms with Crippen molar-refractivity contribution in [3.63, 3.8) is 0 Å². The second-order valence-corrected chi connectivity index (χ2v) is 5.59. The normalized spacial score (nSPS) is 11.0. The first-order valence-corrected chi connectivity index (χ1v) is 7.77. The number of benzene rings is 1. The topological polar surface area (TPSA) is 75.3 Å². The fraction of sp³-hybridized carbons (Fsp3) is 0.0556. The quantitative estimate of drug-likeness (QED) is 0.589. The molecule has 1 aromatic carbocycles. The lowest BCUT2D eigenvalue weighted by Crippen LogP contribution is -1.97. The summed E-state index contributed by atoms with van der Waals surface area (Å²) in [5.74, 6) is -1.02. The van der Waals surface area contributed by atoms with Crippen LogP contribution in [-0.2, 0) is 6.61 Å². The van der Waals surface area contributed by atoms with E-state index < -0.39 is 11.6 Å². The Kier molecular flexibility index (Phi) is 4.02. The first kappa shape index (κ1) is 16.1. The van der Waals surface area contributed by atoms with E-state index >= 15 is 0 Å². The molecule has 8 heteroatoms. The molecule has 3 aromatic heterocycles. The second kappa shape index (κ2) is 6.49. The van der Waals surface area contributed by atoms with E-state index in [1.807, 2.05) is 0 Å². The fourth-order valence-corrected chi connectivity index (χ4v) is 2.65. The number of nitrogens with one attached hydrogen (secondary N) is 1. The van der Waals surface area contributed by atoms with Crippen LogP contribution in [0, 0.1) is 11.6 Å². The molecule has 26 heavy (non-hydrogen) atoms. The summed E-state index contributed by atoms with van der Waals surface area (Å²) in [4.78, 5) is 8.37. The zero-order valence-corrected chi connectivity index (χ0v) is 13.4. The van der Waals surface area contributed by atoms with Gasteiger partial charge >= 0.3 is 0 Å². The van der Waals surface area contributed by atoms with Crippen LogP contribution in [0.1, 0.15) is 5.69 Å². The summed E-state index contributed by atoms with van der Waals surface area (Å²) in [6, 6.07) is 11.9. The lowest BCUT2D eigenvalue weighted by molar-refractivity contribution is 0.277. The van der Waals surface area contributed by atoms with Gasteiger partial charge in [0.2, 0.25) is 5.95 Å². The number of anilines is 2. The average molecular weight is 353 g/mol. The van der Waals surface area contributed by atoms with E-state index in [1.54, 1.807) is 36.5 Å². The Morgan fingerprint density at radius 1 is 1.04 bits per heavy atom. The highest BCUT2D eigenvalue weighted by Crippen LogP contribution is 2.23. The van der Waals surface area contributed by atoms with Gasteiger partial charge in [-0.3, -0.25) is 4.98 Å². The van der Waals surface area contributed by atoms with Gasteiger partial charge in [-0.15, -0.1) is 5.10 Å². The van der Waals surface area contributed by atoms with Gasteiger partial charge in [-0.1, -0.05) is 6.07 Å². The molecule has 0 radical (unpaired) electrons. The van der Waals surface area contributed by atoms with Gasteiger partial charge in [0.1, 0.15) is 11.6 Å². The second-order valence-electron chi connectivity index (χ2n) is 5.59. The van der Waals surface area contributed by atoms with Gasteiger partial charge in [0, 0.05) is 23.5 Å². The average Bonchev–Trinajstić information content (AvgIpc) is 3.03. The van der Waals surface area contributed by atoms with Crippen molar-refractivity contribution < 1.29 is 13.9 Å². The summed E-state index contributed by atoms with van der Waals surface area (Å²) in [5, 5.41) is 16.6. The van der Waals surface area contributed by atoms with Crippen LogP contribution in [0.3, 0.4) is 0 Å². The number of aliphatic hydroxyl groups is 1. The Bertz CT molecular complexity index is 1080. The van der Waals surface area contributed by atoms with Crippen molar-refractivity contribution in [2.75, 3.05) is 5.32 Å². The molecule has 6 nitrogen and oxygen atoms in total. The molecule has 0 aliphatic rings. The van der Waals surface area contributed by atoms with Crippen LogP contribution in [0.4, 0.5) is 20.4 Å². The van der Waals surface area contributed by atoms with Crippen molar-refractivity contribution in [1.82, 2.24) is 19.6 Å². The number of hydrogen-bond donors (Lipinski definition) is 2. The van der Waals surface area contributed by atoms with E-state index in [1.165, 1.54) is 16.6 Å². The first-order valence-electron chi connectivity index (χ1n) is 7.77. The number of aromatic nitrogens is 4. The number of pyridine rings is 2. The van der Waals surface area contributed by atoms with Gasteiger partial charge in [-0.05, 0) is 36.4 Å². The molecule has 130 valence electrons. The van der Waals surface area contributed by atoms with Gasteiger partial charge in [-0.25, -0.2) is 13.3 Å². The first-order chi connectivity index (χ1) is 12.6. The summed E-state index contributed by atoms with van der Waals surface area (Å²) in [6.07, 6.45) is 1.56. The third kappa shape index (κ3) is 3.09. The Labute approximate surface area is 146 Å². The molecule has 0 spiro atoms. The van der Waals surface area contributed by atoms with Crippen molar-refractivity contribution in [2.45, 2.75) is 6.61 Å². The van der Waals surface area contributed by atoms with Crippen LogP contribution < -0.4 is 5.32 Å². The van der Waals surface area contributed by atoms with Crippen LogP contribution in [0.2, 0.25) is 0 Å². The van der Waals surface area contributed by atoms with Gasteiger partial charge < -0.3 is 10.4 Å². The standard InChI is InChI=1S/C18H13F2N5O/c19-12-6-11(7-13(20)8-12)16-2-1-3-17-23-18(24-25(16)17)22-14-4-5-21-15(9-14)10-26/h1-9,26H,10H2,(H,21,22,24). The fourth-order valence-electron chi connectivity index (χ4n) is 2.65. The molecule has 0 aliphatic carbocycles. The molecule has 0 amide bonds. The molecule has 4 rings (SSSR count). The number of nitrogens with zero attached hydrogens (tertiary/aromatic N) is 4. The van der Waals surface area contributed by atoms with E-state index in [0.717, 1.165) is 6.07 Å². The zero-order chi connectivity index (χ0) is 18.1. The monoisotopic (exact) mass is 353 g/mol. The lowest BCUT2D eigenvalue weighted by Gasteiger charge is -2.05. The number of halogens is 2. The van der Waals surface area contributed by atoms with Crippen LogP contribution in [0.15, 0.2) is 54.7 Å². The van der Waals surface area contributed by atoms with Crippen LogP contribution in [0.5, 0.6) is 0 Å². The highest BCUT2D eigenvalue weighted by atomic mass is 19.1. The Hall–Kier alpha value is -3.39. The SMILES string of the molecule is OCc1cc(Nc2nc3cccc(-c4cc(F)cc(F)c4)n3n2)ccn1. The minimum Gasteiger partial charge on any atom is -0.390 e. The minimum absolute atomic E-state index is 0.177. The molecule has 4 aromatic rings. The molecule has 2 N–H and O–H groups in total. The molecule has 0 saturated carbocycles. The molecule has 0 fully saturated rings. The highest BCUT2D eigenvalue weighted by molar-refractivity contribution is 5.65. The van der Waals surface area contributed by atoms with E-state index in [4.69, 9.17) is 5.11 Å². The Balaban J connectivity index is 1.75. The van der Waals surface area contributed by atoms with Crippen molar-refractivity contribution in [2.24, 2.45) is 0 Å². The number of hydrogen-bond acceptors (Lipinski definition) is 5. The predicted octanol–water partition coefficient (Wildman–Crippen LogP) is 3.31. The maximum absolute atomic E-state index is 13.6. The molecular formula is C18H13F2N5O. The number of rotatable bonds is 4. The molecule has 0 saturated heterocycles. The third-order valence-electron chi connectivity index (χ3n) is 3.75. The summed E-state index contributed by atoms with van der Waals surface area (Å²) in [6.45, 7) is -0.177. The van der Waals surface area contributed by atoms with Crippen molar-refractivity contribution in [1.29, 1.82) is 0 Å². The minimum atomic E-state index is -0.663. The molecule has 3 heterocycles. The maximum Gasteiger partial charge on any atom is 0.247 e. The smallest absolute Gasteiger partial charge is 0.247 e. The summed E-state index contributed by atoms with van der Waals surface area (Å²) < 4.78 is 28.6. The number of aliphatic hydroxyl groups excluding tert-OH is 1. The van der Waals surface area contributed by atoms with E-state index in [-0.39, 0.29) is 6.61 Å². The molecule has 0 atom stereocenters. The summed E-state index contributed by atoms with van der Waals surface area (Å²) in [5.41, 5.74) is 2.56. The van der Waals surface area contributed by atoms with Crippen LogP contribution in [-0.4, -0.2) is 24.7 Å². The van der Waals surface area contributed by atoms with Gasteiger partial charge in [0.15, 0.2) is 5.65 Å².